The molecule has 0 spiro atoms. The first-order chi connectivity index (χ1) is 9.57. The molecule has 2 N–H and O–H groups in total. The third-order valence-corrected chi connectivity index (χ3v) is 2.42. The fourth-order valence-electron chi connectivity index (χ4n) is 1.43. The number of nitrogen functional groups attached to an aromatic ring is 1. The number of rotatable bonds is 8. The maximum absolute atomic E-state index is 13.5. The number of hydrogen-bond donors (Lipinski definition) is 1. The van der Waals surface area contributed by atoms with Crippen molar-refractivity contribution in [1.82, 2.24) is 0 Å². The monoisotopic (exact) mass is 289 g/mol. The molecule has 7 heteroatoms. The number of carbonyl (C=O) groups is 1. The third-order valence-electron chi connectivity index (χ3n) is 2.42. The highest BCUT2D eigenvalue weighted by molar-refractivity contribution is 5.91. The maximum Gasteiger partial charge on any atom is 0.344 e. The summed E-state index contributed by atoms with van der Waals surface area (Å²) in [5.41, 5.74) is 4.17. The van der Waals surface area contributed by atoms with E-state index in [2.05, 4.69) is 0 Å². The second kappa shape index (κ2) is 8.44. The Morgan fingerprint density at radius 1 is 1.20 bits per heavy atom. The van der Waals surface area contributed by atoms with Crippen LogP contribution >= 0.6 is 0 Å². The molecule has 0 saturated heterocycles. The molecule has 0 saturated carbocycles. The van der Waals surface area contributed by atoms with Gasteiger partial charge in [-0.05, 0) is 18.6 Å². The van der Waals surface area contributed by atoms with Gasteiger partial charge in [-0.1, -0.05) is 0 Å². The minimum Gasteiger partial charge on any atom is -0.459 e. The number of ether oxygens (including phenoxy) is 3. The van der Waals surface area contributed by atoms with E-state index in [0.717, 1.165) is 12.1 Å². The first kappa shape index (κ1) is 16.3. The van der Waals surface area contributed by atoms with E-state index in [1.165, 1.54) is 0 Å². The van der Waals surface area contributed by atoms with Crippen LogP contribution in [0.15, 0.2) is 12.1 Å². The zero-order valence-electron chi connectivity index (χ0n) is 11.2. The number of benzene rings is 1. The lowest BCUT2D eigenvalue weighted by atomic mass is 10.2. The summed E-state index contributed by atoms with van der Waals surface area (Å²) in [7, 11) is 1.58. The van der Waals surface area contributed by atoms with Crippen LogP contribution in [-0.4, -0.2) is 39.5 Å². The van der Waals surface area contributed by atoms with Gasteiger partial charge in [0.15, 0.2) is 5.82 Å². The van der Waals surface area contributed by atoms with Crippen molar-refractivity contribution in [1.29, 1.82) is 0 Å². The summed E-state index contributed by atoms with van der Waals surface area (Å²) in [6.45, 7) is 1.06. The van der Waals surface area contributed by atoms with Crippen LogP contribution in [0.4, 0.5) is 14.5 Å². The van der Waals surface area contributed by atoms with E-state index in [1.807, 2.05) is 0 Å². The molecule has 112 valence electrons. The molecular weight excluding hydrogens is 272 g/mol. The summed E-state index contributed by atoms with van der Waals surface area (Å²) in [5, 5.41) is 0. The van der Waals surface area contributed by atoms with Crippen LogP contribution in [0.5, 0.6) is 0 Å². The maximum atomic E-state index is 13.5. The zero-order valence-corrected chi connectivity index (χ0v) is 11.2. The zero-order chi connectivity index (χ0) is 15.0. The Morgan fingerprint density at radius 2 is 1.95 bits per heavy atom. The normalized spacial score (nSPS) is 10.6. The molecule has 1 aromatic carbocycles. The van der Waals surface area contributed by atoms with E-state index in [4.69, 9.17) is 19.9 Å². The lowest BCUT2D eigenvalue weighted by molar-refractivity contribution is 0.0280. The molecule has 0 aliphatic carbocycles. The molecule has 0 heterocycles. The van der Waals surface area contributed by atoms with E-state index in [0.29, 0.717) is 19.6 Å². The molecule has 0 bridgehead atoms. The van der Waals surface area contributed by atoms with Gasteiger partial charge in [0.25, 0.3) is 0 Å². The second-order valence-corrected chi connectivity index (χ2v) is 3.92. The standard InChI is InChI=1S/C13H17F2NO4/c1-18-5-2-6-19-7-8-20-13(17)11-9(14)3-4-10(16)12(11)15/h3-4H,2,5-8,16H2,1H3. The Bertz CT molecular complexity index is 454. The summed E-state index contributed by atoms with van der Waals surface area (Å²) >= 11 is 0. The molecular formula is C13H17F2NO4. The van der Waals surface area contributed by atoms with E-state index < -0.39 is 23.2 Å². The Balaban J connectivity index is 2.38. The van der Waals surface area contributed by atoms with Crippen LogP contribution in [0.25, 0.3) is 0 Å². The van der Waals surface area contributed by atoms with Crippen LogP contribution in [0, 0.1) is 11.6 Å². The average Bonchev–Trinajstić information content (AvgIpc) is 2.42. The van der Waals surface area contributed by atoms with Crippen molar-refractivity contribution in [2.75, 3.05) is 39.3 Å². The number of halogens is 2. The number of hydrogen-bond acceptors (Lipinski definition) is 5. The Morgan fingerprint density at radius 3 is 2.65 bits per heavy atom. The van der Waals surface area contributed by atoms with Gasteiger partial charge < -0.3 is 19.9 Å². The van der Waals surface area contributed by atoms with Crippen LogP contribution in [0.3, 0.4) is 0 Å². The van der Waals surface area contributed by atoms with Crippen molar-refractivity contribution < 1.29 is 27.8 Å². The van der Waals surface area contributed by atoms with Gasteiger partial charge in [0.1, 0.15) is 18.0 Å². The van der Waals surface area contributed by atoms with Crippen molar-refractivity contribution in [3.8, 4) is 0 Å². The minimum absolute atomic E-state index is 0.0977. The summed E-state index contributed by atoms with van der Waals surface area (Å²) in [4.78, 5) is 11.5. The number of anilines is 1. The molecule has 0 aliphatic rings. The van der Waals surface area contributed by atoms with Crippen LogP contribution in [0.1, 0.15) is 16.8 Å². The van der Waals surface area contributed by atoms with Crippen molar-refractivity contribution in [3.63, 3.8) is 0 Å². The largest absolute Gasteiger partial charge is 0.459 e. The predicted molar refractivity (Wildman–Crippen MR) is 68.4 cm³/mol. The molecule has 0 aromatic heterocycles. The first-order valence-corrected chi connectivity index (χ1v) is 6.05. The second-order valence-electron chi connectivity index (χ2n) is 3.92. The minimum atomic E-state index is -1.11. The highest BCUT2D eigenvalue weighted by Gasteiger charge is 2.20. The van der Waals surface area contributed by atoms with Crippen LogP contribution < -0.4 is 5.73 Å². The Kier molecular flexibility index (Phi) is 6.89. The molecule has 0 fully saturated rings. The summed E-state index contributed by atoms with van der Waals surface area (Å²) in [6.07, 6.45) is 0.711. The summed E-state index contributed by atoms with van der Waals surface area (Å²) < 4.78 is 41.5. The number of esters is 1. The third kappa shape index (κ3) is 4.75. The van der Waals surface area contributed by atoms with Crippen molar-refractivity contribution in [2.45, 2.75) is 6.42 Å². The van der Waals surface area contributed by atoms with Gasteiger partial charge in [0.05, 0.1) is 12.3 Å². The van der Waals surface area contributed by atoms with Crippen molar-refractivity contribution in [2.24, 2.45) is 0 Å². The topological polar surface area (TPSA) is 70.8 Å². The highest BCUT2D eigenvalue weighted by atomic mass is 19.1. The SMILES string of the molecule is COCCCOCCOC(=O)c1c(F)ccc(N)c1F. The molecule has 0 radical (unpaired) electrons. The fourth-order valence-corrected chi connectivity index (χ4v) is 1.43. The molecule has 0 aliphatic heterocycles. The lowest BCUT2D eigenvalue weighted by Gasteiger charge is -2.08. The van der Waals surface area contributed by atoms with Crippen LogP contribution in [0.2, 0.25) is 0 Å². The van der Waals surface area contributed by atoms with E-state index in [9.17, 15) is 13.6 Å². The van der Waals surface area contributed by atoms with Gasteiger partial charge in [0, 0.05) is 20.3 Å². The van der Waals surface area contributed by atoms with E-state index >= 15 is 0 Å². The van der Waals surface area contributed by atoms with Gasteiger partial charge in [-0.3, -0.25) is 0 Å². The molecule has 0 unspecified atom stereocenters. The number of methoxy groups -OCH3 is 1. The molecule has 5 nitrogen and oxygen atoms in total. The first-order valence-electron chi connectivity index (χ1n) is 6.05. The molecule has 1 rings (SSSR count). The molecule has 20 heavy (non-hydrogen) atoms. The highest BCUT2D eigenvalue weighted by Crippen LogP contribution is 2.19. The fraction of sp³-hybridized carbons (Fsp3) is 0.462. The quantitative estimate of drug-likeness (QED) is 0.448. The average molecular weight is 289 g/mol. The van der Waals surface area contributed by atoms with Crippen molar-refractivity contribution >= 4 is 11.7 Å². The Hall–Kier alpha value is -1.73. The van der Waals surface area contributed by atoms with E-state index in [1.54, 1.807) is 7.11 Å². The lowest BCUT2D eigenvalue weighted by Crippen LogP contribution is -2.15. The summed E-state index contributed by atoms with van der Waals surface area (Å²) in [6, 6.07) is 1.95. The smallest absolute Gasteiger partial charge is 0.344 e. The van der Waals surface area contributed by atoms with Crippen LogP contribution in [-0.2, 0) is 14.2 Å². The van der Waals surface area contributed by atoms with Gasteiger partial charge >= 0.3 is 5.97 Å². The van der Waals surface area contributed by atoms with Gasteiger partial charge in [-0.2, -0.15) is 0 Å². The number of carbonyl (C=O) groups excluding carboxylic acids is 1. The van der Waals surface area contributed by atoms with Crippen molar-refractivity contribution in [3.05, 3.63) is 29.3 Å². The van der Waals surface area contributed by atoms with Gasteiger partial charge in [0.2, 0.25) is 0 Å². The molecule has 1 aromatic rings. The van der Waals surface area contributed by atoms with Gasteiger partial charge in [-0.25, -0.2) is 13.6 Å². The molecule has 0 amide bonds. The van der Waals surface area contributed by atoms with Gasteiger partial charge in [-0.15, -0.1) is 0 Å². The predicted octanol–water partition coefficient (Wildman–Crippen LogP) is 1.76. The Labute approximate surface area is 115 Å². The number of nitrogens with two attached hydrogens (primary N) is 1. The summed E-state index contributed by atoms with van der Waals surface area (Å²) in [5.74, 6) is -3.23. The molecule has 0 atom stereocenters. The van der Waals surface area contributed by atoms with E-state index in [-0.39, 0.29) is 18.9 Å².